The summed E-state index contributed by atoms with van der Waals surface area (Å²) in [5, 5.41) is 11.5. The lowest BCUT2D eigenvalue weighted by Gasteiger charge is -2.31. The summed E-state index contributed by atoms with van der Waals surface area (Å²) in [6, 6.07) is 19.6. The number of nitrogens with zero attached hydrogens (tertiary/aromatic N) is 6. The summed E-state index contributed by atoms with van der Waals surface area (Å²) in [5.74, 6) is 1.01. The van der Waals surface area contributed by atoms with Gasteiger partial charge in [0.15, 0.2) is 17.5 Å². The van der Waals surface area contributed by atoms with Crippen LogP contribution < -0.4 is 14.8 Å². The molecule has 0 spiro atoms. The quantitative estimate of drug-likeness (QED) is 0.282. The van der Waals surface area contributed by atoms with E-state index in [9.17, 15) is 9.59 Å². The van der Waals surface area contributed by atoms with E-state index >= 15 is 0 Å². The highest BCUT2D eigenvalue weighted by Crippen LogP contribution is 2.34. The van der Waals surface area contributed by atoms with Gasteiger partial charge in [0, 0.05) is 26.7 Å². The fourth-order valence-corrected chi connectivity index (χ4v) is 5.74. The third kappa shape index (κ3) is 5.25. The Morgan fingerprint density at radius 2 is 1.81 bits per heavy atom. The molecular weight excluding hydrogens is 550 g/mol. The second-order valence-electron chi connectivity index (χ2n) is 10.7. The standard InChI is InChI=1S/C31H31N7O5/c1-36-24-10-4-2-8-22(24)33-30(36)29(31(40)32-16-21-7-6-14-41-21)37(17-20-12-13-26-27(15-20)43-19-42-26)28(39)18-38-25-11-5-3-9-23(25)34-35-38/h2-5,8-13,15,21,29H,6-7,14,16-19H2,1H3,(H,32,40)/t21-,29+/m1/s1. The summed E-state index contributed by atoms with van der Waals surface area (Å²) in [4.78, 5) is 34.9. The van der Waals surface area contributed by atoms with Crippen LogP contribution in [0.2, 0.25) is 0 Å². The Morgan fingerprint density at radius 1 is 1.02 bits per heavy atom. The van der Waals surface area contributed by atoms with Gasteiger partial charge in [0.1, 0.15) is 17.9 Å². The van der Waals surface area contributed by atoms with Crippen LogP contribution >= 0.6 is 0 Å². The van der Waals surface area contributed by atoms with Crippen molar-refractivity contribution in [2.75, 3.05) is 19.9 Å². The first-order valence-corrected chi connectivity index (χ1v) is 14.3. The number of benzene rings is 3. The van der Waals surface area contributed by atoms with E-state index in [1.165, 1.54) is 0 Å². The molecule has 5 aromatic rings. The predicted octanol–water partition coefficient (Wildman–Crippen LogP) is 3.11. The van der Waals surface area contributed by atoms with Crippen LogP contribution in [-0.2, 0) is 34.5 Å². The van der Waals surface area contributed by atoms with Crippen LogP contribution in [0.25, 0.3) is 22.1 Å². The third-order valence-corrected chi connectivity index (χ3v) is 7.97. The van der Waals surface area contributed by atoms with Crippen LogP contribution in [0.4, 0.5) is 0 Å². The number of aryl methyl sites for hydroxylation is 1. The van der Waals surface area contributed by atoms with Crippen molar-refractivity contribution in [3.8, 4) is 11.5 Å². The molecule has 1 saturated heterocycles. The highest BCUT2D eigenvalue weighted by molar-refractivity contribution is 5.90. The molecule has 2 aliphatic rings. The molecule has 7 rings (SSSR count). The van der Waals surface area contributed by atoms with Gasteiger partial charge in [-0.15, -0.1) is 5.10 Å². The molecule has 2 aromatic heterocycles. The largest absolute Gasteiger partial charge is 0.454 e. The van der Waals surface area contributed by atoms with E-state index in [2.05, 4.69) is 15.6 Å². The number of ether oxygens (including phenoxy) is 3. The van der Waals surface area contributed by atoms with Crippen LogP contribution in [0, 0.1) is 0 Å². The average molecular weight is 582 g/mol. The number of fused-ring (bicyclic) bond motifs is 3. The van der Waals surface area contributed by atoms with Crippen molar-refractivity contribution in [2.24, 2.45) is 7.05 Å². The summed E-state index contributed by atoms with van der Waals surface area (Å²) in [7, 11) is 1.86. The number of hydrogen-bond donors (Lipinski definition) is 1. The first-order chi connectivity index (χ1) is 21.0. The van der Waals surface area contributed by atoms with Gasteiger partial charge in [-0.2, -0.15) is 0 Å². The lowest BCUT2D eigenvalue weighted by Crippen LogP contribution is -2.47. The van der Waals surface area contributed by atoms with Gasteiger partial charge in [0.2, 0.25) is 12.7 Å². The predicted molar refractivity (Wildman–Crippen MR) is 156 cm³/mol. The molecular formula is C31H31N7O5. The summed E-state index contributed by atoms with van der Waals surface area (Å²) in [6.45, 7) is 1.15. The van der Waals surface area contributed by atoms with Gasteiger partial charge in [-0.25, -0.2) is 9.67 Å². The van der Waals surface area contributed by atoms with E-state index in [0.29, 0.717) is 36.0 Å². The Bertz CT molecular complexity index is 1810. The number of rotatable bonds is 9. The van der Waals surface area contributed by atoms with Gasteiger partial charge in [-0.3, -0.25) is 9.59 Å². The average Bonchev–Trinajstić information content (AvgIpc) is 3.84. The number of amides is 2. The van der Waals surface area contributed by atoms with Gasteiger partial charge in [-0.05, 0) is 54.8 Å². The van der Waals surface area contributed by atoms with Crippen LogP contribution in [-0.4, -0.2) is 67.3 Å². The molecule has 2 atom stereocenters. The van der Waals surface area contributed by atoms with Gasteiger partial charge >= 0.3 is 0 Å². The van der Waals surface area contributed by atoms with Crippen LogP contribution in [0.1, 0.15) is 30.3 Å². The Balaban J connectivity index is 1.29. The van der Waals surface area contributed by atoms with Crippen LogP contribution in [0.5, 0.6) is 11.5 Å². The van der Waals surface area contributed by atoms with Crippen molar-refractivity contribution in [2.45, 2.75) is 38.1 Å². The molecule has 1 N–H and O–H groups in total. The SMILES string of the molecule is Cn1c([C@@H](C(=O)NC[C@H]2CCCO2)N(Cc2ccc3c(c2)OCO3)C(=O)Cn2nnc3ccccc32)nc2ccccc21. The zero-order chi connectivity index (χ0) is 29.3. The van der Waals surface area contributed by atoms with Crippen molar-refractivity contribution in [3.63, 3.8) is 0 Å². The highest BCUT2D eigenvalue weighted by Gasteiger charge is 2.36. The van der Waals surface area contributed by atoms with Crippen LogP contribution in [0.15, 0.2) is 66.7 Å². The minimum absolute atomic E-state index is 0.0652. The second kappa shape index (κ2) is 11.4. The Morgan fingerprint density at radius 3 is 2.63 bits per heavy atom. The Labute approximate surface area is 247 Å². The molecule has 4 heterocycles. The highest BCUT2D eigenvalue weighted by atomic mass is 16.7. The monoisotopic (exact) mass is 581 g/mol. The van der Waals surface area contributed by atoms with E-state index < -0.39 is 6.04 Å². The number of carbonyl (C=O) groups excluding carboxylic acids is 2. The van der Waals surface area contributed by atoms with Crippen molar-refractivity contribution in [1.82, 2.24) is 34.8 Å². The molecule has 0 saturated carbocycles. The molecule has 220 valence electrons. The summed E-state index contributed by atoms with van der Waals surface area (Å²) in [6.07, 6.45) is 1.76. The smallest absolute Gasteiger partial charge is 0.250 e. The van der Waals surface area contributed by atoms with Gasteiger partial charge in [0.05, 0.1) is 22.7 Å². The molecule has 2 aliphatic heterocycles. The van der Waals surface area contributed by atoms with Crippen molar-refractivity contribution < 1.29 is 23.8 Å². The number of para-hydroxylation sites is 3. The Hall–Kier alpha value is -4.97. The molecule has 12 nitrogen and oxygen atoms in total. The van der Waals surface area contributed by atoms with Crippen molar-refractivity contribution in [3.05, 3.63) is 78.1 Å². The second-order valence-corrected chi connectivity index (χ2v) is 10.7. The van der Waals surface area contributed by atoms with E-state index in [-0.39, 0.29) is 37.8 Å². The van der Waals surface area contributed by atoms with Crippen molar-refractivity contribution >= 4 is 33.9 Å². The first kappa shape index (κ1) is 26.9. The third-order valence-electron chi connectivity index (χ3n) is 7.97. The molecule has 3 aromatic carbocycles. The maximum absolute atomic E-state index is 14.3. The summed E-state index contributed by atoms with van der Waals surface area (Å²) >= 11 is 0. The fourth-order valence-electron chi connectivity index (χ4n) is 5.74. The van der Waals surface area contributed by atoms with E-state index in [1.807, 2.05) is 78.3 Å². The maximum atomic E-state index is 14.3. The minimum Gasteiger partial charge on any atom is -0.454 e. The number of aromatic nitrogens is 5. The summed E-state index contributed by atoms with van der Waals surface area (Å²) in [5.41, 5.74) is 3.76. The Kier molecular flexibility index (Phi) is 7.11. The number of imidazole rings is 1. The zero-order valence-electron chi connectivity index (χ0n) is 23.7. The fraction of sp³-hybridized carbons (Fsp3) is 0.323. The molecule has 0 aliphatic carbocycles. The van der Waals surface area contributed by atoms with Gasteiger partial charge in [0.25, 0.3) is 5.91 Å². The van der Waals surface area contributed by atoms with Crippen LogP contribution in [0.3, 0.4) is 0 Å². The normalized spacial score (nSPS) is 16.5. The van der Waals surface area contributed by atoms with Crippen molar-refractivity contribution in [1.29, 1.82) is 0 Å². The number of nitrogens with one attached hydrogen (secondary N) is 1. The number of carbonyl (C=O) groups is 2. The van der Waals surface area contributed by atoms with E-state index in [0.717, 1.165) is 35.0 Å². The molecule has 2 amide bonds. The first-order valence-electron chi connectivity index (χ1n) is 14.3. The minimum atomic E-state index is -1.05. The van der Waals surface area contributed by atoms with Gasteiger partial charge < -0.3 is 29.0 Å². The number of hydrogen-bond acceptors (Lipinski definition) is 8. The molecule has 0 unspecified atom stereocenters. The van der Waals surface area contributed by atoms with Gasteiger partial charge in [-0.1, -0.05) is 35.5 Å². The zero-order valence-corrected chi connectivity index (χ0v) is 23.7. The lowest BCUT2D eigenvalue weighted by atomic mass is 10.1. The molecule has 0 bridgehead atoms. The topological polar surface area (TPSA) is 126 Å². The molecule has 0 radical (unpaired) electrons. The summed E-state index contributed by atoms with van der Waals surface area (Å²) < 4.78 is 20.3. The van der Waals surface area contributed by atoms with E-state index in [1.54, 1.807) is 9.58 Å². The van der Waals surface area contributed by atoms with E-state index in [4.69, 9.17) is 19.2 Å². The lowest BCUT2D eigenvalue weighted by molar-refractivity contribution is -0.142. The molecule has 43 heavy (non-hydrogen) atoms. The molecule has 12 heteroatoms. The maximum Gasteiger partial charge on any atom is 0.250 e. The molecule has 1 fully saturated rings.